The molecule has 0 aliphatic rings. The van der Waals surface area contributed by atoms with E-state index in [0.717, 1.165) is 13.0 Å². The Balaban J connectivity index is 1.84. The van der Waals surface area contributed by atoms with Gasteiger partial charge in [-0.05, 0) is 49.2 Å². The number of benzene rings is 1. The number of nitrogens with zero attached hydrogens (tertiary/aromatic N) is 2. The van der Waals surface area contributed by atoms with Crippen LogP contribution in [0.1, 0.15) is 24.1 Å². The zero-order chi connectivity index (χ0) is 14.4. The molecule has 1 aromatic heterocycles. The third-order valence-corrected chi connectivity index (χ3v) is 3.50. The second-order valence-corrected chi connectivity index (χ2v) is 5.27. The molecular formula is C17H23N3. The highest BCUT2D eigenvalue weighted by molar-refractivity contribution is 5.46. The molecule has 0 fully saturated rings. The third-order valence-electron chi connectivity index (χ3n) is 3.50. The van der Waals surface area contributed by atoms with E-state index in [1.807, 2.05) is 18.5 Å². The Kier molecular flexibility index (Phi) is 5.13. The van der Waals surface area contributed by atoms with Crippen LogP contribution in [0.15, 0.2) is 48.8 Å². The Morgan fingerprint density at radius 1 is 1.15 bits per heavy atom. The van der Waals surface area contributed by atoms with Crippen molar-refractivity contribution in [1.29, 1.82) is 0 Å². The van der Waals surface area contributed by atoms with Crippen molar-refractivity contribution in [2.24, 2.45) is 0 Å². The molecule has 20 heavy (non-hydrogen) atoms. The second kappa shape index (κ2) is 7.06. The van der Waals surface area contributed by atoms with E-state index in [2.05, 4.69) is 66.6 Å². The maximum absolute atomic E-state index is 4.13. The summed E-state index contributed by atoms with van der Waals surface area (Å²) in [7, 11) is 4.12. The Morgan fingerprint density at radius 3 is 2.50 bits per heavy atom. The lowest BCUT2D eigenvalue weighted by molar-refractivity contribution is 0.576. The lowest BCUT2D eigenvalue weighted by Gasteiger charge is -2.17. The molecule has 0 aliphatic heterocycles. The fourth-order valence-electron chi connectivity index (χ4n) is 2.16. The van der Waals surface area contributed by atoms with Crippen molar-refractivity contribution in [1.82, 2.24) is 10.3 Å². The van der Waals surface area contributed by atoms with Crippen LogP contribution in [0.25, 0.3) is 0 Å². The molecule has 1 aromatic carbocycles. The van der Waals surface area contributed by atoms with Crippen LogP contribution < -0.4 is 10.2 Å². The minimum absolute atomic E-state index is 0.364. The number of hydrogen-bond acceptors (Lipinski definition) is 3. The first-order chi connectivity index (χ1) is 9.66. The normalized spacial score (nSPS) is 12.2. The third kappa shape index (κ3) is 4.07. The second-order valence-electron chi connectivity index (χ2n) is 5.27. The first-order valence-electron chi connectivity index (χ1n) is 7.06. The summed E-state index contributed by atoms with van der Waals surface area (Å²) in [6.07, 6.45) is 4.75. The summed E-state index contributed by atoms with van der Waals surface area (Å²) in [5, 5.41) is 3.55. The summed E-state index contributed by atoms with van der Waals surface area (Å²) in [4.78, 5) is 6.25. The van der Waals surface area contributed by atoms with Crippen molar-refractivity contribution in [2.45, 2.75) is 19.4 Å². The van der Waals surface area contributed by atoms with Gasteiger partial charge in [0.1, 0.15) is 0 Å². The molecule has 0 radical (unpaired) electrons. The summed E-state index contributed by atoms with van der Waals surface area (Å²) in [5.41, 5.74) is 3.83. The van der Waals surface area contributed by atoms with Crippen molar-refractivity contribution in [3.8, 4) is 0 Å². The van der Waals surface area contributed by atoms with E-state index in [1.54, 1.807) is 0 Å². The van der Waals surface area contributed by atoms with Gasteiger partial charge in [0.25, 0.3) is 0 Å². The molecule has 0 aliphatic carbocycles. The van der Waals surface area contributed by atoms with Crippen LogP contribution in [0.3, 0.4) is 0 Å². The van der Waals surface area contributed by atoms with Gasteiger partial charge in [-0.15, -0.1) is 0 Å². The first-order valence-corrected chi connectivity index (χ1v) is 7.06. The monoisotopic (exact) mass is 269 g/mol. The number of pyridine rings is 1. The van der Waals surface area contributed by atoms with E-state index >= 15 is 0 Å². The molecule has 0 saturated heterocycles. The van der Waals surface area contributed by atoms with Gasteiger partial charge in [0.2, 0.25) is 0 Å². The zero-order valence-corrected chi connectivity index (χ0v) is 12.5. The Hall–Kier alpha value is -1.87. The Labute approximate surface area is 121 Å². The number of rotatable bonds is 6. The highest BCUT2D eigenvalue weighted by Crippen LogP contribution is 2.17. The molecule has 0 bridgehead atoms. The predicted molar refractivity (Wildman–Crippen MR) is 85.1 cm³/mol. The maximum atomic E-state index is 4.13. The average Bonchev–Trinajstić information content (AvgIpc) is 2.48. The van der Waals surface area contributed by atoms with E-state index in [1.165, 1.54) is 16.8 Å². The molecule has 3 nitrogen and oxygen atoms in total. The predicted octanol–water partition coefficient (Wildman–Crippen LogP) is 3.04. The van der Waals surface area contributed by atoms with Crippen LogP contribution in [-0.2, 0) is 6.42 Å². The van der Waals surface area contributed by atoms with Gasteiger partial charge in [-0.2, -0.15) is 0 Å². The van der Waals surface area contributed by atoms with Gasteiger partial charge >= 0.3 is 0 Å². The average molecular weight is 269 g/mol. The van der Waals surface area contributed by atoms with Crippen LogP contribution in [-0.4, -0.2) is 25.6 Å². The standard InChI is InChI=1S/C17H23N3/c1-14(16-6-8-17(9-7-16)20(2)3)19-12-10-15-5-4-11-18-13-15/h4-9,11,13-14,19H,10,12H2,1-3H3. The van der Waals surface area contributed by atoms with E-state index in [-0.39, 0.29) is 0 Å². The molecule has 1 heterocycles. The first kappa shape index (κ1) is 14.5. The molecule has 1 unspecified atom stereocenters. The van der Waals surface area contributed by atoms with E-state index < -0.39 is 0 Å². The molecule has 0 spiro atoms. The lowest BCUT2D eigenvalue weighted by Crippen LogP contribution is -2.21. The number of nitrogens with one attached hydrogen (secondary N) is 1. The van der Waals surface area contributed by atoms with Crippen molar-refractivity contribution in [3.05, 3.63) is 59.9 Å². The van der Waals surface area contributed by atoms with Crippen LogP contribution in [0.4, 0.5) is 5.69 Å². The number of aromatic nitrogens is 1. The maximum Gasteiger partial charge on any atom is 0.0361 e. The minimum Gasteiger partial charge on any atom is -0.378 e. The SMILES string of the molecule is CC(NCCc1cccnc1)c1ccc(N(C)C)cc1. The Bertz CT molecular complexity index is 506. The summed E-state index contributed by atoms with van der Waals surface area (Å²) in [6, 6.07) is 13.2. The fourth-order valence-corrected chi connectivity index (χ4v) is 2.16. The van der Waals surface area contributed by atoms with Crippen LogP contribution in [0, 0.1) is 0 Å². The van der Waals surface area contributed by atoms with Gasteiger partial charge < -0.3 is 10.2 Å². The van der Waals surface area contributed by atoms with Crippen LogP contribution in [0.2, 0.25) is 0 Å². The largest absolute Gasteiger partial charge is 0.378 e. The number of hydrogen-bond donors (Lipinski definition) is 1. The fraction of sp³-hybridized carbons (Fsp3) is 0.353. The molecule has 0 saturated carbocycles. The molecule has 3 heteroatoms. The van der Waals surface area contributed by atoms with Crippen LogP contribution >= 0.6 is 0 Å². The highest BCUT2D eigenvalue weighted by Gasteiger charge is 2.05. The number of anilines is 1. The quantitative estimate of drug-likeness (QED) is 0.873. The summed E-state index contributed by atoms with van der Waals surface area (Å²) < 4.78 is 0. The molecular weight excluding hydrogens is 246 g/mol. The van der Waals surface area contributed by atoms with E-state index in [0.29, 0.717) is 6.04 Å². The topological polar surface area (TPSA) is 28.2 Å². The van der Waals surface area contributed by atoms with E-state index in [9.17, 15) is 0 Å². The molecule has 1 atom stereocenters. The van der Waals surface area contributed by atoms with Gasteiger partial charge in [-0.25, -0.2) is 0 Å². The Morgan fingerprint density at radius 2 is 1.90 bits per heavy atom. The highest BCUT2D eigenvalue weighted by atomic mass is 15.1. The van der Waals surface area contributed by atoms with Gasteiger partial charge in [0.05, 0.1) is 0 Å². The summed E-state index contributed by atoms with van der Waals surface area (Å²) in [6.45, 7) is 3.16. The smallest absolute Gasteiger partial charge is 0.0361 e. The van der Waals surface area contributed by atoms with Crippen molar-refractivity contribution < 1.29 is 0 Å². The van der Waals surface area contributed by atoms with E-state index in [4.69, 9.17) is 0 Å². The van der Waals surface area contributed by atoms with Gasteiger partial charge in [-0.3, -0.25) is 4.98 Å². The summed E-state index contributed by atoms with van der Waals surface area (Å²) in [5.74, 6) is 0. The van der Waals surface area contributed by atoms with Crippen molar-refractivity contribution >= 4 is 5.69 Å². The molecule has 2 aromatic rings. The van der Waals surface area contributed by atoms with Gasteiger partial charge in [0, 0.05) is 38.2 Å². The van der Waals surface area contributed by atoms with Crippen LogP contribution in [0.5, 0.6) is 0 Å². The molecule has 106 valence electrons. The van der Waals surface area contributed by atoms with Crippen molar-refractivity contribution in [3.63, 3.8) is 0 Å². The lowest BCUT2D eigenvalue weighted by atomic mass is 10.1. The van der Waals surface area contributed by atoms with Gasteiger partial charge in [0.15, 0.2) is 0 Å². The van der Waals surface area contributed by atoms with Crippen molar-refractivity contribution in [2.75, 3.05) is 25.5 Å². The molecule has 1 N–H and O–H groups in total. The molecule has 0 amide bonds. The minimum atomic E-state index is 0.364. The zero-order valence-electron chi connectivity index (χ0n) is 12.5. The summed E-state index contributed by atoms with van der Waals surface area (Å²) >= 11 is 0. The molecule has 2 rings (SSSR count). The van der Waals surface area contributed by atoms with Gasteiger partial charge in [-0.1, -0.05) is 18.2 Å².